The van der Waals surface area contributed by atoms with Crippen molar-refractivity contribution in [1.29, 1.82) is 0 Å². The number of nitrogens with zero attached hydrogens (tertiary/aromatic N) is 3. The summed E-state index contributed by atoms with van der Waals surface area (Å²) in [4.78, 5) is 24.9. The van der Waals surface area contributed by atoms with E-state index in [4.69, 9.17) is 11.6 Å². The van der Waals surface area contributed by atoms with E-state index in [-0.39, 0.29) is 10.7 Å². The van der Waals surface area contributed by atoms with Crippen molar-refractivity contribution >= 4 is 29.1 Å². The summed E-state index contributed by atoms with van der Waals surface area (Å²) in [6, 6.07) is 9.27. The molecule has 3 aromatic rings. The summed E-state index contributed by atoms with van der Waals surface area (Å²) in [5.41, 5.74) is 2.16. The fourth-order valence-electron chi connectivity index (χ4n) is 2.22. The number of rotatable bonds is 5. The summed E-state index contributed by atoms with van der Waals surface area (Å²) in [7, 11) is 0. The molecule has 1 aromatic carbocycles. The Morgan fingerprint density at radius 3 is 2.81 bits per heavy atom. The lowest BCUT2D eigenvalue weighted by Crippen LogP contribution is -2.16. The molecule has 8 heteroatoms. The van der Waals surface area contributed by atoms with Crippen LogP contribution in [0.15, 0.2) is 48.8 Å². The second-order valence-corrected chi connectivity index (χ2v) is 5.92. The van der Waals surface area contributed by atoms with Crippen molar-refractivity contribution < 1.29 is 9.18 Å². The van der Waals surface area contributed by atoms with E-state index >= 15 is 0 Å². The van der Waals surface area contributed by atoms with E-state index in [1.165, 1.54) is 18.2 Å². The van der Waals surface area contributed by atoms with Gasteiger partial charge >= 0.3 is 0 Å². The van der Waals surface area contributed by atoms with Crippen LogP contribution in [0.5, 0.6) is 0 Å². The molecule has 2 aromatic heterocycles. The Kier molecular flexibility index (Phi) is 5.38. The maximum absolute atomic E-state index is 13.2. The minimum Gasteiger partial charge on any atom is -0.350 e. The van der Waals surface area contributed by atoms with Crippen LogP contribution < -0.4 is 10.6 Å². The first-order valence-electron chi connectivity index (χ1n) is 7.76. The van der Waals surface area contributed by atoms with Crippen LogP contribution in [0.25, 0.3) is 0 Å². The van der Waals surface area contributed by atoms with Gasteiger partial charge < -0.3 is 10.6 Å². The highest BCUT2D eigenvalue weighted by Gasteiger charge is 2.12. The second kappa shape index (κ2) is 7.88. The molecule has 0 saturated carbocycles. The normalized spacial score (nSPS) is 10.4. The fraction of sp³-hybridized carbons (Fsp3) is 0.111. The smallest absolute Gasteiger partial charge is 0.274 e. The van der Waals surface area contributed by atoms with Gasteiger partial charge in [0.1, 0.15) is 11.5 Å². The van der Waals surface area contributed by atoms with Crippen molar-refractivity contribution in [3.05, 3.63) is 76.6 Å². The summed E-state index contributed by atoms with van der Waals surface area (Å²) in [6.07, 6.45) is 3.42. The van der Waals surface area contributed by atoms with Crippen LogP contribution in [0.3, 0.4) is 0 Å². The largest absolute Gasteiger partial charge is 0.350 e. The molecule has 132 valence electrons. The maximum Gasteiger partial charge on any atom is 0.274 e. The number of carbonyl (C=O) groups is 1. The highest BCUT2D eigenvalue weighted by Crippen LogP contribution is 2.20. The van der Waals surface area contributed by atoms with Gasteiger partial charge in [-0.3, -0.25) is 9.78 Å². The Morgan fingerprint density at radius 2 is 2.08 bits per heavy atom. The third-order valence-electron chi connectivity index (χ3n) is 3.44. The Balaban J connectivity index is 1.73. The zero-order valence-electron chi connectivity index (χ0n) is 13.8. The minimum absolute atomic E-state index is 0.0690. The van der Waals surface area contributed by atoms with Crippen molar-refractivity contribution in [2.24, 2.45) is 0 Å². The van der Waals surface area contributed by atoms with Gasteiger partial charge in [0, 0.05) is 30.3 Å². The predicted molar refractivity (Wildman–Crippen MR) is 97.7 cm³/mol. The molecular formula is C18H15ClFN5O. The third-order valence-corrected chi connectivity index (χ3v) is 3.73. The highest BCUT2D eigenvalue weighted by atomic mass is 35.5. The summed E-state index contributed by atoms with van der Waals surface area (Å²) in [5, 5.41) is 5.63. The van der Waals surface area contributed by atoms with Gasteiger partial charge in [-0.25, -0.2) is 14.4 Å². The van der Waals surface area contributed by atoms with Crippen molar-refractivity contribution in [3.8, 4) is 0 Å². The number of amides is 1. The van der Waals surface area contributed by atoms with Gasteiger partial charge in [0.15, 0.2) is 0 Å². The summed E-state index contributed by atoms with van der Waals surface area (Å²) in [5.74, 6) is -0.664. The molecule has 0 saturated heterocycles. The molecule has 2 heterocycles. The average Bonchev–Trinajstić information content (AvgIpc) is 2.63. The monoisotopic (exact) mass is 371 g/mol. The molecule has 2 N–H and O–H groups in total. The topological polar surface area (TPSA) is 79.8 Å². The van der Waals surface area contributed by atoms with Crippen molar-refractivity contribution in [1.82, 2.24) is 15.0 Å². The molecule has 0 fully saturated rings. The van der Waals surface area contributed by atoms with E-state index in [0.29, 0.717) is 23.9 Å². The molecule has 0 radical (unpaired) electrons. The Labute approximate surface area is 154 Å². The number of pyridine rings is 1. The molecule has 0 aliphatic heterocycles. The predicted octanol–water partition coefficient (Wildman–Crippen LogP) is 3.84. The van der Waals surface area contributed by atoms with E-state index in [9.17, 15) is 9.18 Å². The second-order valence-electron chi connectivity index (χ2n) is 5.52. The van der Waals surface area contributed by atoms with Gasteiger partial charge in [-0.15, -0.1) is 0 Å². The lowest BCUT2D eigenvalue weighted by atomic mass is 10.2. The quantitative estimate of drug-likeness (QED) is 0.712. The van der Waals surface area contributed by atoms with Crippen molar-refractivity contribution in [2.45, 2.75) is 13.5 Å². The molecule has 0 unspecified atom stereocenters. The minimum atomic E-state index is -0.551. The third kappa shape index (κ3) is 4.52. The molecular weight excluding hydrogens is 357 g/mol. The molecule has 0 spiro atoms. The highest BCUT2D eigenvalue weighted by molar-refractivity contribution is 6.31. The Morgan fingerprint density at radius 1 is 1.23 bits per heavy atom. The summed E-state index contributed by atoms with van der Waals surface area (Å²) in [6.45, 7) is 2.24. The molecule has 1 amide bonds. The number of anilines is 2. The van der Waals surface area contributed by atoms with Crippen LogP contribution in [-0.4, -0.2) is 20.9 Å². The Bertz CT molecular complexity index is 936. The number of halogens is 2. The van der Waals surface area contributed by atoms with Gasteiger partial charge in [0.2, 0.25) is 5.95 Å². The average molecular weight is 372 g/mol. The van der Waals surface area contributed by atoms with Gasteiger partial charge in [-0.1, -0.05) is 17.7 Å². The lowest BCUT2D eigenvalue weighted by molar-refractivity contribution is 0.102. The summed E-state index contributed by atoms with van der Waals surface area (Å²) >= 11 is 5.73. The molecule has 26 heavy (non-hydrogen) atoms. The maximum atomic E-state index is 13.2. The number of hydrogen-bond donors (Lipinski definition) is 2. The standard InChI is InChI=1S/C18H15ClFN5O/c1-11-7-16(17(26)24-13-4-5-15(20)14(19)8-13)25-18(23-11)22-10-12-3-2-6-21-9-12/h2-9H,10H2,1H3,(H,24,26)(H,22,23,25). The molecule has 3 rings (SSSR count). The number of carbonyl (C=O) groups excluding carboxylic acids is 1. The van der Waals surface area contributed by atoms with Crippen molar-refractivity contribution in [3.63, 3.8) is 0 Å². The van der Waals surface area contributed by atoms with Crippen LogP contribution in [0.2, 0.25) is 5.02 Å². The number of nitrogens with one attached hydrogen (secondary N) is 2. The molecule has 0 aliphatic rings. The lowest BCUT2D eigenvalue weighted by Gasteiger charge is -2.09. The van der Waals surface area contributed by atoms with E-state index < -0.39 is 11.7 Å². The first-order chi connectivity index (χ1) is 12.5. The van der Waals surface area contributed by atoms with E-state index in [1.54, 1.807) is 25.4 Å². The van der Waals surface area contributed by atoms with E-state index in [1.807, 2.05) is 12.1 Å². The number of hydrogen-bond acceptors (Lipinski definition) is 5. The number of aryl methyl sites for hydroxylation is 1. The zero-order valence-corrected chi connectivity index (χ0v) is 14.6. The first kappa shape index (κ1) is 17.8. The number of aromatic nitrogens is 3. The SMILES string of the molecule is Cc1cc(C(=O)Nc2ccc(F)c(Cl)c2)nc(NCc2cccnc2)n1. The van der Waals surface area contributed by atoms with Gasteiger partial charge in [-0.05, 0) is 42.8 Å². The number of benzene rings is 1. The van der Waals surface area contributed by atoms with Crippen LogP contribution in [-0.2, 0) is 6.54 Å². The van der Waals surface area contributed by atoms with Gasteiger partial charge in [-0.2, -0.15) is 0 Å². The van der Waals surface area contributed by atoms with Crippen LogP contribution in [0, 0.1) is 12.7 Å². The zero-order chi connectivity index (χ0) is 18.5. The van der Waals surface area contributed by atoms with Crippen LogP contribution in [0.1, 0.15) is 21.7 Å². The molecule has 0 atom stereocenters. The van der Waals surface area contributed by atoms with Crippen LogP contribution in [0.4, 0.5) is 16.0 Å². The fourth-order valence-corrected chi connectivity index (χ4v) is 2.40. The first-order valence-corrected chi connectivity index (χ1v) is 8.14. The van der Waals surface area contributed by atoms with E-state index in [2.05, 4.69) is 25.6 Å². The Hall–Kier alpha value is -3.06. The van der Waals surface area contributed by atoms with Gasteiger partial charge in [0.05, 0.1) is 5.02 Å². The van der Waals surface area contributed by atoms with E-state index in [0.717, 1.165) is 5.56 Å². The van der Waals surface area contributed by atoms with Crippen LogP contribution >= 0.6 is 11.6 Å². The molecule has 6 nitrogen and oxygen atoms in total. The molecule has 0 bridgehead atoms. The summed E-state index contributed by atoms with van der Waals surface area (Å²) < 4.78 is 13.2. The molecule has 0 aliphatic carbocycles. The van der Waals surface area contributed by atoms with Crippen molar-refractivity contribution in [2.75, 3.05) is 10.6 Å². The van der Waals surface area contributed by atoms with Gasteiger partial charge in [0.25, 0.3) is 5.91 Å².